The lowest BCUT2D eigenvalue weighted by Gasteiger charge is -2.09. The van der Waals surface area contributed by atoms with E-state index < -0.39 is 0 Å². The number of anilines is 1. The normalized spacial score (nSPS) is 14.8. The van der Waals surface area contributed by atoms with Crippen molar-refractivity contribution in [3.63, 3.8) is 0 Å². The van der Waals surface area contributed by atoms with Crippen molar-refractivity contribution in [2.45, 2.75) is 52.6 Å². The van der Waals surface area contributed by atoms with Crippen LogP contribution in [0.25, 0.3) is 0 Å². The summed E-state index contributed by atoms with van der Waals surface area (Å²) in [6.07, 6.45) is 5.78. The van der Waals surface area contributed by atoms with Crippen LogP contribution in [0.1, 0.15) is 42.4 Å². The molecular formula is C15H23N5. The molecule has 1 saturated carbocycles. The van der Waals surface area contributed by atoms with Gasteiger partial charge in [0.1, 0.15) is 0 Å². The molecule has 0 aliphatic heterocycles. The Balaban J connectivity index is 1.51. The van der Waals surface area contributed by atoms with E-state index in [0.29, 0.717) is 6.04 Å². The smallest absolute Gasteiger partial charge is 0.203 e. The van der Waals surface area contributed by atoms with E-state index in [-0.39, 0.29) is 0 Å². The van der Waals surface area contributed by atoms with Crippen molar-refractivity contribution in [1.82, 2.24) is 19.3 Å². The molecule has 108 valence electrons. The van der Waals surface area contributed by atoms with Gasteiger partial charge in [-0.3, -0.25) is 4.68 Å². The molecule has 2 aromatic heterocycles. The van der Waals surface area contributed by atoms with Crippen LogP contribution in [0, 0.1) is 20.8 Å². The summed E-state index contributed by atoms with van der Waals surface area (Å²) in [5, 5.41) is 7.95. The van der Waals surface area contributed by atoms with Crippen molar-refractivity contribution < 1.29 is 0 Å². The maximum Gasteiger partial charge on any atom is 0.203 e. The highest BCUT2D eigenvalue weighted by Crippen LogP contribution is 2.37. The molecule has 2 heterocycles. The fourth-order valence-electron chi connectivity index (χ4n) is 2.61. The van der Waals surface area contributed by atoms with Crippen molar-refractivity contribution in [3.05, 3.63) is 29.3 Å². The third-order valence-electron chi connectivity index (χ3n) is 3.73. The molecule has 0 aromatic carbocycles. The van der Waals surface area contributed by atoms with Crippen LogP contribution in [-0.2, 0) is 6.54 Å². The van der Waals surface area contributed by atoms with Crippen LogP contribution in [0.15, 0.2) is 12.3 Å². The molecule has 0 unspecified atom stereocenters. The Bertz CT molecular complexity index is 591. The summed E-state index contributed by atoms with van der Waals surface area (Å²) < 4.78 is 4.37. The molecule has 0 saturated heterocycles. The Morgan fingerprint density at radius 1 is 1.25 bits per heavy atom. The summed E-state index contributed by atoms with van der Waals surface area (Å²) in [6.45, 7) is 8.09. The number of aryl methyl sites for hydroxylation is 4. The van der Waals surface area contributed by atoms with Gasteiger partial charge in [0, 0.05) is 31.0 Å². The van der Waals surface area contributed by atoms with Gasteiger partial charge < -0.3 is 9.88 Å². The minimum absolute atomic E-state index is 0.676. The third-order valence-corrected chi connectivity index (χ3v) is 3.73. The van der Waals surface area contributed by atoms with Crippen LogP contribution < -0.4 is 5.32 Å². The summed E-state index contributed by atoms with van der Waals surface area (Å²) in [4.78, 5) is 4.57. The van der Waals surface area contributed by atoms with Crippen molar-refractivity contribution in [2.24, 2.45) is 0 Å². The van der Waals surface area contributed by atoms with Crippen LogP contribution in [0.2, 0.25) is 0 Å². The summed E-state index contributed by atoms with van der Waals surface area (Å²) in [7, 11) is 0. The summed E-state index contributed by atoms with van der Waals surface area (Å²) in [5.74, 6) is 1.03. The molecule has 0 spiro atoms. The Labute approximate surface area is 120 Å². The van der Waals surface area contributed by atoms with E-state index in [1.807, 2.05) is 6.92 Å². The van der Waals surface area contributed by atoms with Crippen molar-refractivity contribution >= 4 is 5.95 Å². The second-order valence-electron chi connectivity index (χ2n) is 5.77. The average Bonchev–Trinajstić information content (AvgIpc) is 3.09. The van der Waals surface area contributed by atoms with Crippen molar-refractivity contribution in [3.8, 4) is 0 Å². The van der Waals surface area contributed by atoms with E-state index in [4.69, 9.17) is 0 Å². The number of rotatable bonds is 6. The molecule has 0 amide bonds. The van der Waals surface area contributed by atoms with Crippen LogP contribution in [0.3, 0.4) is 0 Å². The lowest BCUT2D eigenvalue weighted by molar-refractivity contribution is 0.572. The standard InChI is InChI=1S/C15H23N5/c1-11-9-13(3)20(18-11)8-4-7-16-15-17-12(2)10-19(15)14-5-6-14/h9-10,14H,4-8H2,1-3H3,(H,16,17). The second-order valence-corrected chi connectivity index (χ2v) is 5.77. The number of aromatic nitrogens is 4. The molecule has 2 aromatic rings. The van der Waals surface area contributed by atoms with Crippen LogP contribution in [0.4, 0.5) is 5.95 Å². The molecule has 0 bridgehead atoms. The zero-order chi connectivity index (χ0) is 14.1. The Hall–Kier alpha value is -1.78. The average molecular weight is 273 g/mol. The first-order chi connectivity index (χ1) is 9.63. The fourth-order valence-corrected chi connectivity index (χ4v) is 2.61. The maximum absolute atomic E-state index is 4.57. The first-order valence-electron chi connectivity index (χ1n) is 7.44. The quantitative estimate of drug-likeness (QED) is 0.823. The zero-order valence-electron chi connectivity index (χ0n) is 12.6. The molecule has 1 aliphatic rings. The number of nitrogens with zero attached hydrogens (tertiary/aromatic N) is 4. The fraction of sp³-hybridized carbons (Fsp3) is 0.600. The minimum atomic E-state index is 0.676. The largest absolute Gasteiger partial charge is 0.356 e. The topological polar surface area (TPSA) is 47.7 Å². The first kappa shape index (κ1) is 13.2. The van der Waals surface area contributed by atoms with Gasteiger partial charge in [0.2, 0.25) is 5.95 Å². The molecular weight excluding hydrogens is 250 g/mol. The third kappa shape index (κ3) is 2.86. The highest BCUT2D eigenvalue weighted by atomic mass is 15.3. The number of imidazole rings is 1. The number of nitrogens with one attached hydrogen (secondary N) is 1. The van der Waals surface area contributed by atoms with Gasteiger partial charge in [0.05, 0.1) is 11.4 Å². The predicted molar refractivity (Wildman–Crippen MR) is 80.0 cm³/mol. The molecule has 0 radical (unpaired) electrons. The molecule has 20 heavy (non-hydrogen) atoms. The van der Waals surface area contributed by atoms with Crippen LogP contribution in [0.5, 0.6) is 0 Å². The Morgan fingerprint density at radius 3 is 2.70 bits per heavy atom. The molecule has 0 atom stereocenters. The van der Waals surface area contributed by atoms with Gasteiger partial charge in [-0.2, -0.15) is 5.10 Å². The van der Waals surface area contributed by atoms with E-state index in [9.17, 15) is 0 Å². The zero-order valence-corrected chi connectivity index (χ0v) is 12.6. The summed E-state index contributed by atoms with van der Waals surface area (Å²) in [5.41, 5.74) is 3.42. The SMILES string of the molecule is Cc1cn(C2CC2)c(NCCCn2nc(C)cc2C)n1. The lowest BCUT2D eigenvalue weighted by atomic mass is 10.4. The molecule has 5 heteroatoms. The Kier molecular flexibility index (Phi) is 3.51. The molecule has 3 rings (SSSR count). The second kappa shape index (κ2) is 5.31. The first-order valence-corrected chi connectivity index (χ1v) is 7.44. The molecule has 1 N–H and O–H groups in total. The van der Waals surface area contributed by atoms with Crippen LogP contribution >= 0.6 is 0 Å². The summed E-state index contributed by atoms with van der Waals surface area (Å²) in [6, 6.07) is 2.80. The van der Waals surface area contributed by atoms with E-state index in [2.05, 4.69) is 50.8 Å². The Morgan fingerprint density at radius 2 is 2.05 bits per heavy atom. The highest BCUT2D eigenvalue weighted by Gasteiger charge is 2.25. The minimum Gasteiger partial charge on any atom is -0.356 e. The lowest BCUT2D eigenvalue weighted by Crippen LogP contribution is -2.11. The number of hydrogen-bond acceptors (Lipinski definition) is 3. The molecule has 1 fully saturated rings. The van der Waals surface area contributed by atoms with Gasteiger partial charge in [-0.25, -0.2) is 4.98 Å². The van der Waals surface area contributed by atoms with E-state index in [1.165, 1.54) is 18.5 Å². The van der Waals surface area contributed by atoms with Crippen molar-refractivity contribution in [1.29, 1.82) is 0 Å². The maximum atomic E-state index is 4.57. The monoisotopic (exact) mass is 273 g/mol. The predicted octanol–water partition coefficient (Wildman–Crippen LogP) is 2.84. The highest BCUT2D eigenvalue weighted by molar-refractivity contribution is 5.30. The number of hydrogen-bond donors (Lipinski definition) is 1. The van der Waals surface area contributed by atoms with Gasteiger partial charge in [-0.15, -0.1) is 0 Å². The van der Waals surface area contributed by atoms with Gasteiger partial charge in [0.15, 0.2) is 0 Å². The van der Waals surface area contributed by atoms with Crippen LogP contribution in [-0.4, -0.2) is 25.9 Å². The van der Waals surface area contributed by atoms with E-state index in [1.54, 1.807) is 0 Å². The van der Waals surface area contributed by atoms with Gasteiger partial charge in [0.25, 0.3) is 0 Å². The van der Waals surface area contributed by atoms with Gasteiger partial charge >= 0.3 is 0 Å². The van der Waals surface area contributed by atoms with Gasteiger partial charge in [-0.05, 0) is 46.1 Å². The molecule has 1 aliphatic carbocycles. The van der Waals surface area contributed by atoms with E-state index in [0.717, 1.165) is 36.8 Å². The summed E-state index contributed by atoms with van der Waals surface area (Å²) >= 11 is 0. The molecule has 5 nitrogen and oxygen atoms in total. The van der Waals surface area contributed by atoms with Gasteiger partial charge in [-0.1, -0.05) is 0 Å². The van der Waals surface area contributed by atoms with E-state index >= 15 is 0 Å². The van der Waals surface area contributed by atoms with Crippen molar-refractivity contribution in [2.75, 3.05) is 11.9 Å².